The van der Waals surface area contributed by atoms with Gasteiger partial charge in [0.05, 0.1) is 0 Å². The van der Waals surface area contributed by atoms with Crippen LogP contribution in [0, 0.1) is 0 Å². The molecule has 7 nitrogen and oxygen atoms in total. The molecular weight excluding hydrogens is 356 g/mol. The first-order chi connectivity index (χ1) is 13.6. The van der Waals surface area contributed by atoms with Crippen LogP contribution in [0.2, 0.25) is 0 Å². The Hall–Kier alpha value is -2.96. The zero-order valence-electron chi connectivity index (χ0n) is 16.2. The van der Waals surface area contributed by atoms with E-state index in [0.29, 0.717) is 25.1 Å². The van der Waals surface area contributed by atoms with Crippen molar-refractivity contribution in [2.75, 3.05) is 13.1 Å². The molecule has 1 atom stereocenters. The Bertz CT molecular complexity index is 984. The average Bonchev–Trinajstić information content (AvgIpc) is 3.37. The molecule has 0 bridgehead atoms. The van der Waals surface area contributed by atoms with Gasteiger partial charge in [0.1, 0.15) is 6.04 Å². The number of aromatic nitrogens is 3. The standard InChI is InChI=1S/C21H24N4O3/c1-3-18(25-12-17(14(2)26)16-6-4-5-7-19(16)25)21(27)24-10-8-15(9-11-24)20-22-13-28-23-20/h4-7,12-13,15,18H,3,8-11H2,1-2H3/t18-/m0/s1. The van der Waals surface area contributed by atoms with Crippen LogP contribution in [0.4, 0.5) is 0 Å². The van der Waals surface area contributed by atoms with Crippen molar-refractivity contribution >= 4 is 22.6 Å². The van der Waals surface area contributed by atoms with Crippen LogP contribution in [0.1, 0.15) is 61.3 Å². The van der Waals surface area contributed by atoms with Crippen LogP contribution in [-0.2, 0) is 4.79 Å². The first-order valence-electron chi connectivity index (χ1n) is 9.75. The lowest BCUT2D eigenvalue weighted by molar-refractivity contribution is -0.135. The number of benzene rings is 1. The van der Waals surface area contributed by atoms with Gasteiger partial charge in [0.2, 0.25) is 12.3 Å². The molecule has 0 N–H and O–H groups in total. The van der Waals surface area contributed by atoms with Gasteiger partial charge in [-0.1, -0.05) is 30.3 Å². The number of ketones is 1. The Morgan fingerprint density at radius 1 is 1.25 bits per heavy atom. The summed E-state index contributed by atoms with van der Waals surface area (Å²) in [7, 11) is 0. The summed E-state index contributed by atoms with van der Waals surface area (Å²) in [5.41, 5.74) is 1.59. The average molecular weight is 380 g/mol. The van der Waals surface area contributed by atoms with Crippen molar-refractivity contribution in [1.29, 1.82) is 0 Å². The van der Waals surface area contributed by atoms with Gasteiger partial charge in [-0.15, -0.1) is 0 Å². The third-order valence-corrected chi connectivity index (χ3v) is 5.68. The van der Waals surface area contributed by atoms with Crippen LogP contribution in [-0.4, -0.2) is 44.4 Å². The van der Waals surface area contributed by atoms with Crippen LogP contribution < -0.4 is 0 Å². The molecule has 4 rings (SSSR count). The van der Waals surface area contributed by atoms with E-state index in [-0.39, 0.29) is 23.7 Å². The second-order valence-electron chi connectivity index (χ2n) is 7.34. The van der Waals surface area contributed by atoms with Crippen LogP contribution >= 0.6 is 0 Å². The van der Waals surface area contributed by atoms with E-state index in [1.807, 2.05) is 46.9 Å². The number of likely N-dealkylation sites (tertiary alicyclic amines) is 1. The summed E-state index contributed by atoms with van der Waals surface area (Å²) in [6.07, 6.45) is 5.51. The molecule has 2 aromatic heterocycles. The third kappa shape index (κ3) is 3.21. The molecule has 1 fully saturated rings. The van der Waals surface area contributed by atoms with E-state index in [9.17, 15) is 9.59 Å². The molecule has 1 aromatic carbocycles. The van der Waals surface area contributed by atoms with E-state index in [1.165, 1.54) is 6.39 Å². The minimum Gasteiger partial charge on any atom is -0.343 e. The number of hydrogen-bond donors (Lipinski definition) is 0. The summed E-state index contributed by atoms with van der Waals surface area (Å²) >= 11 is 0. The molecule has 0 spiro atoms. The highest BCUT2D eigenvalue weighted by atomic mass is 16.5. The topological polar surface area (TPSA) is 81.2 Å². The van der Waals surface area contributed by atoms with E-state index in [0.717, 1.165) is 29.6 Å². The predicted molar refractivity (Wildman–Crippen MR) is 104 cm³/mol. The van der Waals surface area contributed by atoms with E-state index >= 15 is 0 Å². The molecule has 146 valence electrons. The molecular formula is C21H24N4O3. The molecule has 7 heteroatoms. The number of para-hydroxylation sites is 1. The minimum atomic E-state index is -0.320. The summed E-state index contributed by atoms with van der Waals surface area (Å²) in [5.74, 6) is 1.07. The van der Waals surface area contributed by atoms with E-state index < -0.39 is 0 Å². The molecule has 0 radical (unpaired) electrons. The molecule has 1 amide bonds. The smallest absolute Gasteiger partial charge is 0.245 e. The van der Waals surface area contributed by atoms with Crippen molar-refractivity contribution in [2.24, 2.45) is 0 Å². The third-order valence-electron chi connectivity index (χ3n) is 5.68. The Kier molecular flexibility index (Phi) is 4.98. The number of rotatable bonds is 5. The number of piperidine rings is 1. The highest BCUT2D eigenvalue weighted by Crippen LogP contribution is 2.30. The molecule has 1 aliphatic rings. The van der Waals surface area contributed by atoms with Crippen molar-refractivity contribution in [2.45, 2.75) is 45.1 Å². The molecule has 0 aliphatic carbocycles. The molecule has 3 heterocycles. The molecule has 28 heavy (non-hydrogen) atoms. The maximum atomic E-state index is 13.3. The minimum absolute atomic E-state index is 0.0122. The number of hydrogen-bond acceptors (Lipinski definition) is 5. The van der Waals surface area contributed by atoms with Crippen molar-refractivity contribution in [3.05, 3.63) is 48.2 Å². The van der Waals surface area contributed by atoms with Gasteiger partial charge in [-0.25, -0.2) is 0 Å². The normalized spacial score (nSPS) is 16.4. The largest absolute Gasteiger partial charge is 0.343 e. The first-order valence-corrected chi connectivity index (χ1v) is 9.75. The number of amides is 1. The summed E-state index contributed by atoms with van der Waals surface area (Å²) in [4.78, 5) is 31.5. The van der Waals surface area contributed by atoms with Gasteiger partial charge in [-0.05, 0) is 32.3 Å². The van der Waals surface area contributed by atoms with Crippen molar-refractivity contribution in [3.63, 3.8) is 0 Å². The molecule has 3 aromatic rings. The van der Waals surface area contributed by atoms with Crippen LogP contribution in [0.15, 0.2) is 41.4 Å². The van der Waals surface area contributed by atoms with Crippen molar-refractivity contribution in [1.82, 2.24) is 19.6 Å². The van der Waals surface area contributed by atoms with E-state index in [4.69, 9.17) is 4.52 Å². The number of carbonyl (C=O) groups excluding carboxylic acids is 2. The van der Waals surface area contributed by atoms with Gasteiger partial charge in [0.15, 0.2) is 11.6 Å². The van der Waals surface area contributed by atoms with Gasteiger partial charge in [-0.2, -0.15) is 4.98 Å². The summed E-state index contributed by atoms with van der Waals surface area (Å²) in [6.45, 7) is 4.93. The highest BCUT2D eigenvalue weighted by Gasteiger charge is 2.31. The van der Waals surface area contributed by atoms with Crippen LogP contribution in [0.25, 0.3) is 10.9 Å². The fourth-order valence-electron chi connectivity index (χ4n) is 4.16. The Labute approximate surface area is 163 Å². The Balaban J connectivity index is 1.57. The van der Waals surface area contributed by atoms with Crippen LogP contribution in [0.5, 0.6) is 0 Å². The summed E-state index contributed by atoms with van der Waals surface area (Å²) < 4.78 is 6.82. The fraction of sp³-hybridized carbons (Fsp3) is 0.429. The number of carbonyl (C=O) groups is 2. The van der Waals surface area contributed by atoms with Crippen molar-refractivity contribution < 1.29 is 14.1 Å². The van der Waals surface area contributed by atoms with Crippen molar-refractivity contribution in [3.8, 4) is 0 Å². The lowest BCUT2D eigenvalue weighted by Crippen LogP contribution is -2.42. The number of fused-ring (bicyclic) bond motifs is 1. The lowest BCUT2D eigenvalue weighted by atomic mass is 9.95. The van der Waals surface area contributed by atoms with Gasteiger partial charge in [0.25, 0.3) is 0 Å². The fourth-order valence-corrected chi connectivity index (χ4v) is 4.16. The monoisotopic (exact) mass is 380 g/mol. The van der Waals surface area contributed by atoms with Gasteiger partial charge >= 0.3 is 0 Å². The molecule has 1 aliphatic heterocycles. The Morgan fingerprint density at radius 3 is 2.64 bits per heavy atom. The van der Waals surface area contributed by atoms with Gasteiger partial charge < -0.3 is 14.0 Å². The second-order valence-corrected chi connectivity index (χ2v) is 7.34. The summed E-state index contributed by atoms with van der Waals surface area (Å²) in [6, 6.07) is 7.46. The zero-order chi connectivity index (χ0) is 19.7. The molecule has 0 saturated carbocycles. The van der Waals surface area contributed by atoms with Gasteiger partial charge in [-0.3, -0.25) is 9.59 Å². The molecule has 1 saturated heterocycles. The molecule has 0 unspecified atom stereocenters. The maximum absolute atomic E-state index is 13.3. The number of Topliss-reactive ketones (excluding diaryl/α,β-unsaturated/α-hetero) is 1. The summed E-state index contributed by atoms with van der Waals surface area (Å²) in [5, 5.41) is 4.84. The van der Waals surface area contributed by atoms with E-state index in [1.54, 1.807) is 6.92 Å². The predicted octanol–water partition coefficient (Wildman–Crippen LogP) is 3.58. The lowest BCUT2D eigenvalue weighted by Gasteiger charge is -2.33. The Morgan fingerprint density at radius 2 is 2.00 bits per heavy atom. The van der Waals surface area contributed by atoms with E-state index in [2.05, 4.69) is 10.1 Å². The number of nitrogens with zero attached hydrogens (tertiary/aromatic N) is 4. The zero-order valence-corrected chi connectivity index (χ0v) is 16.2. The quantitative estimate of drug-likeness (QED) is 0.632. The highest BCUT2D eigenvalue weighted by molar-refractivity contribution is 6.07. The second kappa shape index (κ2) is 7.58. The SMILES string of the molecule is CC[C@@H](C(=O)N1CCC(c2ncon2)CC1)n1cc(C(C)=O)c2ccccc21. The first kappa shape index (κ1) is 18.4. The van der Waals surface area contributed by atoms with Crippen LogP contribution in [0.3, 0.4) is 0 Å². The maximum Gasteiger partial charge on any atom is 0.245 e. The van der Waals surface area contributed by atoms with Gasteiger partial charge in [0, 0.05) is 41.7 Å².